The van der Waals surface area contributed by atoms with Crippen molar-refractivity contribution in [3.8, 4) is 11.5 Å². The summed E-state index contributed by atoms with van der Waals surface area (Å²) in [6, 6.07) is 11.5. The van der Waals surface area contributed by atoms with E-state index in [1.807, 2.05) is 0 Å². The van der Waals surface area contributed by atoms with Gasteiger partial charge < -0.3 is 20.1 Å². The Morgan fingerprint density at radius 2 is 1.83 bits per heavy atom. The van der Waals surface area contributed by atoms with E-state index in [2.05, 4.69) is 10.6 Å². The molecular weight excluding hydrogens is 311 g/mol. The number of hydrogen-bond donors (Lipinski definition) is 2. The molecule has 2 aromatic rings. The summed E-state index contributed by atoms with van der Waals surface area (Å²) in [6.07, 6.45) is 0.718. The predicted octanol–water partition coefficient (Wildman–Crippen LogP) is 2.61. The molecule has 0 saturated carbocycles. The molecule has 0 spiro atoms. The SMILES string of the molecule is COc1ccc(OC)c(NC(=O)CNCCc2ccc(F)cc2)c1. The zero-order valence-electron chi connectivity index (χ0n) is 13.8. The molecule has 0 aromatic heterocycles. The minimum absolute atomic E-state index is 0.168. The Morgan fingerprint density at radius 3 is 2.50 bits per heavy atom. The Balaban J connectivity index is 1.80. The minimum Gasteiger partial charge on any atom is -0.497 e. The van der Waals surface area contributed by atoms with Gasteiger partial charge in [0.05, 0.1) is 26.5 Å². The van der Waals surface area contributed by atoms with Crippen LogP contribution in [0.4, 0.5) is 10.1 Å². The third kappa shape index (κ3) is 5.24. The van der Waals surface area contributed by atoms with Crippen LogP contribution >= 0.6 is 0 Å². The second-order valence-corrected chi connectivity index (χ2v) is 5.17. The van der Waals surface area contributed by atoms with E-state index in [0.717, 1.165) is 12.0 Å². The molecule has 0 heterocycles. The standard InChI is InChI=1S/C18H21FN2O3/c1-23-15-7-8-17(24-2)16(11-15)21-18(22)12-20-10-9-13-3-5-14(19)6-4-13/h3-8,11,20H,9-10,12H2,1-2H3,(H,21,22). The van der Waals surface area contributed by atoms with Crippen LogP contribution in [0.15, 0.2) is 42.5 Å². The molecule has 0 aliphatic carbocycles. The number of anilines is 1. The van der Waals surface area contributed by atoms with Crippen LogP contribution in [0, 0.1) is 5.82 Å². The van der Waals surface area contributed by atoms with Crippen molar-refractivity contribution in [2.75, 3.05) is 32.6 Å². The van der Waals surface area contributed by atoms with E-state index < -0.39 is 0 Å². The summed E-state index contributed by atoms with van der Waals surface area (Å²) in [4.78, 5) is 12.0. The highest BCUT2D eigenvalue weighted by molar-refractivity contribution is 5.93. The van der Waals surface area contributed by atoms with E-state index in [4.69, 9.17) is 9.47 Å². The molecule has 0 unspecified atom stereocenters. The van der Waals surface area contributed by atoms with Crippen LogP contribution in [0.1, 0.15) is 5.56 Å². The maximum Gasteiger partial charge on any atom is 0.238 e. The molecule has 5 nitrogen and oxygen atoms in total. The fraction of sp³-hybridized carbons (Fsp3) is 0.278. The zero-order valence-corrected chi connectivity index (χ0v) is 13.8. The molecule has 0 atom stereocenters. The molecule has 2 aromatic carbocycles. The lowest BCUT2D eigenvalue weighted by Crippen LogP contribution is -2.29. The van der Waals surface area contributed by atoms with Crippen molar-refractivity contribution in [3.05, 3.63) is 53.8 Å². The monoisotopic (exact) mass is 332 g/mol. The molecule has 0 aliphatic heterocycles. The summed E-state index contributed by atoms with van der Waals surface area (Å²) in [6.45, 7) is 0.788. The Bertz CT molecular complexity index is 674. The lowest BCUT2D eigenvalue weighted by Gasteiger charge is -2.12. The Hall–Kier alpha value is -2.60. The van der Waals surface area contributed by atoms with Gasteiger partial charge in [0.15, 0.2) is 0 Å². The number of carbonyl (C=O) groups excluding carboxylic acids is 1. The fourth-order valence-electron chi connectivity index (χ4n) is 2.19. The first-order valence-electron chi connectivity index (χ1n) is 7.59. The van der Waals surface area contributed by atoms with E-state index >= 15 is 0 Å². The molecule has 24 heavy (non-hydrogen) atoms. The summed E-state index contributed by atoms with van der Waals surface area (Å²) in [5.74, 6) is 0.768. The summed E-state index contributed by atoms with van der Waals surface area (Å²) in [5, 5.41) is 5.84. The van der Waals surface area contributed by atoms with Gasteiger partial charge in [-0.05, 0) is 42.8 Å². The van der Waals surface area contributed by atoms with E-state index in [0.29, 0.717) is 23.7 Å². The zero-order chi connectivity index (χ0) is 17.4. The van der Waals surface area contributed by atoms with Gasteiger partial charge in [0.2, 0.25) is 5.91 Å². The third-order valence-corrected chi connectivity index (χ3v) is 3.47. The largest absolute Gasteiger partial charge is 0.497 e. The summed E-state index contributed by atoms with van der Waals surface area (Å²) < 4.78 is 23.2. The normalized spacial score (nSPS) is 10.3. The average Bonchev–Trinajstić information content (AvgIpc) is 2.60. The smallest absolute Gasteiger partial charge is 0.238 e. The number of benzene rings is 2. The van der Waals surface area contributed by atoms with E-state index in [1.165, 1.54) is 12.1 Å². The quantitative estimate of drug-likeness (QED) is 0.730. The predicted molar refractivity (Wildman–Crippen MR) is 91.1 cm³/mol. The molecule has 0 saturated heterocycles. The van der Waals surface area contributed by atoms with Crippen molar-refractivity contribution in [1.82, 2.24) is 5.32 Å². The fourth-order valence-corrected chi connectivity index (χ4v) is 2.19. The first kappa shape index (κ1) is 17.7. The summed E-state index contributed by atoms with van der Waals surface area (Å²) >= 11 is 0. The molecule has 128 valence electrons. The highest BCUT2D eigenvalue weighted by atomic mass is 19.1. The number of rotatable bonds is 8. The first-order valence-corrected chi connectivity index (χ1v) is 7.59. The molecule has 0 fully saturated rings. The van der Waals surface area contributed by atoms with Crippen molar-refractivity contribution in [3.63, 3.8) is 0 Å². The van der Waals surface area contributed by atoms with Gasteiger partial charge in [0, 0.05) is 6.07 Å². The molecular formula is C18H21FN2O3. The van der Waals surface area contributed by atoms with Crippen LogP contribution in [0.25, 0.3) is 0 Å². The first-order chi connectivity index (χ1) is 11.6. The molecule has 2 rings (SSSR count). The Morgan fingerprint density at radius 1 is 1.08 bits per heavy atom. The maximum absolute atomic E-state index is 12.8. The van der Waals surface area contributed by atoms with Gasteiger partial charge in [-0.1, -0.05) is 12.1 Å². The van der Waals surface area contributed by atoms with Gasteiger partial charge in [0.1, 0.15) is 17.3 Å². The molecule has 2 N–H and O–H groups in total. The van der Waals surface area contributed by atoms with Crippen molar-refractivity contribution in [2.45, 2.75) is 6.42 Å². The van der Waals surface area contributed by atoms with Gasteiger partial charge in [-0.25, -0.2) is 4.39 Å². The number of nitrogens with one attached hydrogen (secondary N) is 2. The number of ether oxygens (including phenoxy) is 2. The third-order valence-electron chi connectivity index (χ3n) is 3.47. The molecule has 1 amide bonds. The number of methoxy groups -OCH3 is 2. The topological polar surface area (TPSA) is 59.6 Å². The van der Waals surface area contributed by atoms with E-state index in [9.17, 15) is 9.18 Å². The van der Waals surface area contributed by atoms with Gasteiger partial charge in [-0.3, -0.25) is 4.79 Å². The molecule has 0 bridgehead atoms. The van der Waals surface area contributed by atoms with E-state index in [1.54, 1.807) is 44.6 Å². The molecule has 0 aliphatic rings. The number of hydrogen-bond acceptors (Lipinski definition) is 4. The van der Waals surface area contributed by atoms with Crippen LogP contribution in [-0.2, 0) is 11.2 Å². The minimum atomic E-state index is -0.252. The second-order valence-electron chi connectivity index (χ2n) is 5.17. The Labute approximate surface area is 140 Å². The second kappa shape index (κ2) is 8.88. The van der Waals surface area contributed by atoms with Gasteiger partial charge >= 0.3 is 0 Å². The highest BCUT2D eigenvalue weighted by Crippen LogP contribution is 2.28. The van der Waals surface area contributed by atoms with Crippen LogP contribution in [0.2, 0.25) is 0 Å². The lowest BCUT2D eigenvalue weighted by atomic mass is 10.1. The van der Waals surface area contributed by atoms with Gasteiger partial charge in [0.25, 0.3) is 0 Å². The van der Waals surface area contributed by atoms with E-state index in [-0.39, 0.29) is 18.3 Å². The van der Waals surface area contributed by atoms with Crippen LogP contribution in [0.5, 0.6) is 11.5 Å². The highest BCUT2D eigenvalue weighted by Gasteiger charge is 2.08. The molecule has 0 radical (unpaired) electrons. The average molecular weight is 332 g/mol. The van der Waals surface area contributed by atoms with Crippen molar-refractivity contribution < 1.29 is 18.7 Å². The Kier molecular flexibility index (Phi) is 6.57. The van der Waals surface area contributed by atoms with Crippen molar-refractivity contribution in [2.24, 2.45) is 0 Å². The number of halogens is 1. The van der Waals surface area contributed by atoms with Crippen LogP contribution in [0.3, 0.4) is 0 Å². The lowest BCUT2D eigenvalue weighted by molar-refractivity contribution is -0.115. The van der Waals surface area contributed by atoms with Crippen LogP contribution in [-0.4, -0.2) is 33.2 Å². The maximum atomic E-state index is 12.8. The van der Waals surface area contributed by atoms with Gasteiger partial charge in [-0.2, -0.15) is 0 Å². The van der Waals surface area contributed by atoms with Crippen molar-refractivity contribution in [1.29, 1.82) is 0 Å². The molecule has 6 heteroatoms. The number of carbonyl (C=O) groups is 1. The number of amides is 1. The van der Waals surface area contributed by atoms with Crippen LogP contribution < -0.4 is 20.1 Å². The van der Waals surface area contributed by atoms with Gasteiger partial charge in [-0.15, -0.1) is 0 Å². The summed E-state index contributed by atoms with van der Waals surface area (Å²) in [7, 11) is 3.10. The summed E-state index contributed by atoms with van der Waals surface area (Å²) in [5.41, 5.74) is 1.57. The van der Waals surface area contributed by atoms with Crippen molar-refractivity contribution >= 4 is 11.6 Å².